The van der Waals surface area contributed by atoms with Crippen LogP contribution in [0.25, 0.3) is 10.6 Å². The topological polar surface area (TPSA) is 71.1 Å². The Morgan fingerprint density at radius 1 is 1.15 bits per heavy atom. The molecular formula is C20H18FN3O2S. The normalized spacial score (nSPS) is 10.4. The average molecular weight is 383 g/mol. The summed E-state index contributed by atoms with van der Waals surface area (Å²) in [6.07, 6.45) is 0.155. The first kappa shape index (κ1) is 18.7. The second-order valence-corrected chi connectivity index (χ2v) is 6.74. The minimum absolute atomic E-state index is 0.150. The molecule has 2 aromatic carbocycles. The predicted molar refractivity (Wildman–Crippen MR) is 103 cm³/mol. The Hall–Kier alpha value is -3.06. The highest BCUT2D eigenvalue weighted by Crippen LogP contribution is 2.24. The largest absolute Gasteiger partial charge is 0.355 e. The zero-order valence-corrected chi connectivity index (χ0v) is 15.5. The van der Waals surface area contributed by atoms with Gasteiger partial charge in [-0.2, -0.15) is 0 Å². The van der Waals surface area contributed by atoms with Crippen LogP contribution in [0, 0.1) is 5.82 Å². The summed E-state index contributed by atoms with van der Waals surface area (Å²) in [5.41, 5.74) is 2.81. The van der Waals surface area contributed by atoms with Crippen molar-refractivity contribution in [1.29, 1.82) is 0 Å². The maximum atomic E-state index is 13.3. The molecular weight excluding hydrogens is 365 g/mol. The standard InChI is InChI=1S/C20H18FN3O2S/c1-22-19(26)14-7-5-13(6-8-14)11-23-18(25)10-17-12-27-20(24-17)15-3-2-4-16(21)9-15/h2-9,12H,10-11H2,1H3,(H,22,26)(H,23,25). The molecule has 7 heteroatoms. The van der Waals surface area contributed by atoms with E-state index in [9.17, 15) is 14.0 Å². The van der Waals surface area contributed by atoms with Gasteiger partial charge in [0, 0.05) is 30.1 Å². The number of halogens is 1. The summed E-state index contributed by atoms with van der Waals surface area (Å²) in [5.74, 6) is -0.617. The Morgan fingerprint density at radius 3 is 2.63 bits per heavy atom. The summed E-state index contributed by atoms with van der Waals surface area (Å²) in [4.78, 5) is 28.0. The monoisotopic (exact) mass is 383 g/mol. The molecule has 1 aromatic heterocycles. The van der Waals surface area contributed by atoms with Crippen LogP contribution in [-0.2, 0) is 17.8 Å². The van der Waals surface area contributed by atoms with Crippen molar-refractivity contribution in [3.8, 4) is 10.6 Å². The van der Waals surface area contributed by atoms with Crippen molar-refractivity contribution < 1.29 is 14.0 Å². The molecule has 0 saturated carbocycles. The van der Waals surface area contributed by atoms with E-state index in [1.54, 1.807) is 48.8 Å². The second-order valence-electron chi connectivity index (χ2n) is 5.88. The van der Waals surface area contributed by atoms with Crippen LogP contribution >= 0.6 is 11.3 Å². The lowest BCUT2D eigenvalue weighted by molar-refractivity contribution is -0.120. The number of thiazole rings is 1. The van der Waals surface area contributed by atoms with Gasteiger partial charge >= 0.3 is 0 Å². The van der Waals surface area contributed by atoms with Gasteiger partial charge in [0.25, 0.3) is 5.91 Å². The number of amides is 2. The molecule has 5 nitrogen and oxygen atoms in total. The fraction of sp³-hybridized carbons (Fsp3) is 0.150. The van der Waals surface area contributed by atoms with Gasteiger partial charge < -0.3 is 10.6 Å². The molecule has 1 heterocycles. The summed E-state index contributed by atoms with van der Waals surface area (Å²) in [6, 6.07) is 13.3. The zero-order chi connectivity index (χ0) is 19.2. The van der Waals surface area contributed by atoms with E-state index in [4.69, 9.17) is 0 Å². The number of nitrogens with zero attached hydrogens (tertiary/aromatic N) is 1. The first-order valence-electron chi connectivity index (χ1n) is 8.33. The highest BCUT2D eigenvalue weighted by molar-refractivity contribution is 7.13. The van der Waals surface area contributed by atoms with Crippen molar-refractivity contribution >= 4 is 23.2 Å². The smallest absolute Gasteiger partial charge is 0.251 e. The Kier molecular flexibility index (Phi) is 5.93. The van der Waals surface area contributed by atoms with E-state index in [0.29, 0.717) is 28.4 Å². The highest BCUT2D eigenvalue weighted by Gasteiger charge is 2.10. The lowest BCUT2D eigenvalue weighted by atomic mass is 10.1. The third-order valence-electron chi connectivity index (χ3n) is 3.90. The van der Waals surface area contributed by atoms with Crippen molar-refractivity contribution in [2.24, 2.45) is 0 Å². The van der Waals surface area contributed by atoms with E-state index in [1.165, 1.54) is 23.5 Å². The quantitative estimate of drug-likeness (QED) is 0.687. The summed E-state index contributed by atoms with van der Waals surface area (Å²) in [7, 11) is 1.58. The fourth-order valence-corrected chi connectivity index (χ4v) is 3.30. The van der Waals surface area contributed by atoms with Crippen molar-refractivity contribution in [1.82, 2.24) is 15.6 Å². The van der Waals surface area contributed by atoms with Crippen molar-refractivity contribution in [3.63, 3.8) is 0 Å². The molecule has 138 valence electrons. The number of benzene rings is 2. The number of hydrogen-bond donors (Lipinski definition) is 2. The molecule has 0 bridgehead atoms. The van der Waals surface area contributed by atoms with Crippen molar-refractivity contribution in [2.75, 3.05) is 7.05 Å². The summed E-state index contributed by atoms with van der Waals surface area (Å²) in [6.45, 7) is 0.369. The van der Waals surface area contributed by atoms with Crippen LogP contribution in [0.3, 0.4) is 0 Å². The molecule has 27 heavy (non-hydrogen) atoms. The Labute approximate surface area is 160 Å². The minimum atomic E-state index is -0.315. The minimum Gasteiger partial charge on any atom is -0.355 e. The van der Waals surface area contributed by atoms with Crippen LogP contribution in [0.4, 0.5) is 4.39 Å². The molecule has 0 unspecified atom stereocenters. The van der Waals surface area contributed by atoms with Crippen LogP contribution < -0.4 is 10.6 Å². The first-order valence-corrected chi connectivity index (χ1v) is 9.21. The van der Waals surface area contributed by atoms with Crippen LogP contribution in [0.1, 0.15) is 21.6 Å². The maximum Gasteiger partial charge on any atom is 0.251 e. The third kappa shape index (κ3) is 4.98. The maximum absolute atomic E-state index is 13.3. The SMILES string of the molecule is CNC(=O)c1ccc(CNC(=O)Cc2csc(-c3cccc(F)c3)n2)cc1. The van der Waals surface area contributed by atoms with Crippen LogP contribution in [-0.4, -0.2) is 23.8 Å². The van der Waals surface area contributed by atoms with E-state index < -0.39 is 0 Å². The summed E-state index contributed by atoms with van der Waals surface area (Å²) in [5, 5.41) is 7.88. The Balaban J connectivity index is 1.55. The van der Waals surface area contributed by atoms with Gasteiger partial charge in [-0.05, 0) is 29.8 Å². The second kappa shape index (κ2) is 8.55. The van der Waals surface area contributed by atoms with Gasteiger partial charge in [-0.25, -0.2) is 9.37 Å². The Morgan fingerprint density at radius 2 is 1.93 bits per heavy atom. The molecule has 0 aliphatic heterocycles. The van der Waals surface area contributed by atoms with Crippen molar-refractivity contribution in [3.05, 3.63) is 76.5 Å². The summed E-state index contributed by atoms with van der Waals surface area (Å²) >= 11 is 1.38. The zero-order valence-electron chi connectivity index (χ0n) is 14.7. The predicted octanol–water partition coefficient (Wildman–Crippen LogP) is 3.17. The van der Waals surface area contributed by atoms with Gasteiger partial charge in [-0.3, -0.25) is 9.59 Å². The molecule has 0 aliphatic carbocycles. The molecule has 3 aromatic rings. The molecule has 2 amide bonds. The van der Waals surface area contributed by atoms with Crippen molar-refractivity contribution in [2.45, 2.75) is 13.0 Å². The van der Waals surface area contributed by atoms with Gasteiger partial charge in [0.05, 0.1) is 12.1 Å². The van der Waals surface area contributed by atoms with Gasteiger partial charge in [-0.1, -0.05) is 24.3 Å². The number of hydrogen-bond acceptors (Lipinski definition) is 4. The molecule has 0 saturated heterocycles. The summed E-state index contributed by atoms with van der Waals surface area (Å²) < 4.78 is 13.3. The molecule has 0 atom stereocenters. The van der Waals surface area contributed by atoms with Gasteiger partial charge in [0.1, 0.15) is 10.8 Å². The van der Waals surface area contributed by atoms with E-state index in [2.05, 4.69) is 15.6 Å². The van der Waals surface area contributed by atoms with Crippen LogP contribution in [0.2, 0.25) is 0 Å². The van der Waals surface area contributed by atoms with Gasteiger partial charge in [0.2, 0.25) is 5.91 Å². The van der Waals surface area contributed by atoms with Gasteiger partial charge in [0.15, 0.2) is 0 Å². The van der Waals surface area contributed by atoms with Gasteiger partial charge in [-0.15, -0.1) is 11.3 Å². The average Bonchev–Trinajstić information content (AvgIpc) is 3.14. The lowest BCUT2D eigenvalue weighted by Gasteiger charge is -2.05. The molecule has 0 aliphatic rings. The number of carbonyl (C=O) groups is 2. The Bertz CT molecular complexity index is 954. The highest BCUT2D eigenvalue weighted by atomic mass is 32.1. The van der Waals surface area contributed by atoms with Crippen LogP contribution in [0.15, 0.2) is 53.9 Å². The molecule has 0 radical (unpaired) electrons. The molecule has 0 fully saturated rings. The lowest BCUT2D eigenvalue weighted by Crippen LogP contribution is -2.24. The number of aromatic nitrogens is 1. The van der Waals surface area contributed by atoms with E-state index in [1.807, 2.05) is 0 Å². The fourth-order valence-electron chi connectivity index (χ4n) is 2.49. The van der Waals surface area contributed by atoms with E-state index in [-0.39, 0.29) is 24.1 Å². The first-order chi connectivity index (χ1) is 13.0. The molecule has 3 rings (SSSR count). The number of nitrogens with one attached hydrogen (secondary N) is 2. The van der Waals surface area contributed by atoms with Crippen LogP contribution in [0.5, 0.6) is 0 Å². The molecule has 0 spiro atoms. The number of carbonyl (C=O) groups excluding carboxylic acids is 2. The third-order valence-corrected chi connectivity index (χ3v) is 4.84. The molecule has 2 N–H and O–H groups in total. The van der Waals surface area contributed by atoms with E-state index >= 15 is 0 Å². The van der Waals surface area contributed by atoms with E-state index in [0.717, 1.165) is 5.56 Å². The number of rotatable bonds is 6.